The minimum Gasteiger partial charge on any atom is -0.295 e. The molecule has 13 heavy (non-hydrogen) atoms. The van der Waals surface area contributed by atoms with E-state index in [1.165, 1.54) is 4.90 Å². The molecule has 0 N–H and O–H groups in total. The lowest BCUT2D eigenvalue weighted by Crippen LogP contribution is -2.22. The minimum absolute atomic E-state index is 0.416. The maximum absolute atomic E-state index is 11.2. The molecule has 0 atom stereocenters. The zero-order chi connectivity index (χ0) is 9.68. The Hall–Kier alpha value is -1.51. The number of para-hydroxylation sites is 1. The first kappa shape index (κ1) is 9.58. The number of rotatable bonds is 1. The number of carbonyl (C=O) groups excluding carboxylic acids is 1. The second-order valence-corrected chi connectivity index (χ2v) is 2.56. The molecule has 0 bridgehead atoms. The molecule has 0 fully saturated rings. The SMILES string of the molecule is CN(C(=O)N=C=S)c1ccccc1. The van der Waals surface area contributed by atoms with Crippen LogP contribution < -0.4 is 4.90 Å². The molecule has 1 aromatic carbocycles. The highest BCUT2D eigenvalue weighted by Crippen LogP contribution is 2.11. The molecule has 4 heteroatoms. The molecule has 0 aromatic heterocycles. The summed E-state index contributed by atoms with van der Waals surface area (Å²) in [6.07, 6.45) is 0. The molecule has 0 aliphatic rings. The number of anilines is 1. The van der Waals surface area contributed by atoms with Crippen molar-refractivity contribution < 1.29 is 4.79 Å². The predicted octanol–water partition coefficient (Wildman–Crippen LogP) is 2.35. The summed E-state index contributed by atoms with van der Waals surface area (Å²) in [6.45, 7) is 0. The van der Waals surface area contributed by atoms with E-state index < -0.39 is 6.03 Å². The summed E-state index contributed by atoms with van der Waals surface area (Å²) in [6, 6.07) is 8.79. The molecule has 3 nitrogen and oxygen atoms in total. The van der Waals surface area contributed by atoms with Crippen molar-refractivity contribution in [1.29, 1.82) is 0 Å². The van der Waals surface area contributed by atoms with Gasteiger partial charge in [-0.3, -0.25) is 4.90 Å². The van der Waals surface area contributed by atoms with Gasteiger partial charge in [0.2, 0.25) is 0 Å². The monoisotopic (exact) mass is 192 g/mol. The number of hydrogen-bond donors (Lipinski definition) is 0. The summed E-state index contributed by atoms with van der Waals surface area (Å²) in [4.78, 5) is 15.9. The summed E-state index contributed by atoms with van der Waals surface area (Å²) in [5.74, 6) is 0. The Morgan fingerprint density at radius 1 is 1.46 bits per heavy atom. The number of hydrogen-bond acceptors (Lipinski definition) is 2. The summed E-state index contributed by atoms with van der Waals surface area (Å²) in [7, 11) is 1.63. The zero-order valence-electron chi connectivity index (χ0n) is 7.10. The van der Waals surface area contributed by atoms with Crippen molar-refractivity contribution in [3.05, 3.63) is 30.3 Å². The van der Waals surface area contributed by atoms with E-state index in [4.69, 9.17) is 0 Å². The van der Waals surface area contributed by atoms with E-state index in [0.29, 0.717) is 0 Å². The molecule has 66 valence electrons. The maximum atomic E-state index is 11.2. The summed E-state index contributed by atoms with van der Waals surface area (Å²) in [5, 5.41) is 2.04. The number of isothiocyanates is 1. The van der Waals surface area contributed by atoms with Crippen LogP contribution >= 0.6 is 12.2 Å². The second kappa shape index (κ2) is 4.50. The lowest BCUT2D eigenvalue weighted by molar-refractivity contribution is 0.255. The first-order valence-electron chi connectivity index (χ1n) is 3.66. The Labute approximate surface area is 81.7 Å². The van der Waals surface area contributed by atoms with E-state index in [1.807, 2.05) is 35.5 Å². The average molecular weight is 192 g/mol. The summed E-state index contributed by atoms with van der Waals surface area (Å²) >= 11 is 4.33. The van der Waals surface area contributed by atoms with Gasteiger partial charge >= 0.3 is 6.03 Å². The Morgan fingerprint density at radius 3 is 2.62 bits per heavy atom. The van der Waals surface area contributed by atoms with Crippen LogP contribution in [0.15, 0.2) is 35.3 Å². The van der Waals surface area contributed by atoms with E-state index in [0.717, 1.165) is 5.69 Å². The average Bonchev–Trinajstić information content (AvgIpc) is 2.18. The van der Waals surface area contributed by atoms with Gasteiger partial charge in [-0.2, -0.15) is 0 Å². The number of nitrogens with zero attached hydrogens (tertiary/aromatic N) is 2. The molecule has 1 rings (SSSR count). The van der Waals surface area contributed by atoms with Crippen LogP contribution in [-0.4, -0.2) is 18.2 Å². The van der Waals surface area contributed by atoms with Gasteiger partial charge in [0.05, 0.1) is 5.16 Å². The van der Waals surface area contributed by atoms with Crippen molar-refractivity contribution in [2.45, 2.75) is 0 Å². The van der Waals surface area contributed by atoms with Gasteiger partial charge in [-0.1, -0.05) is 18.2 Å². The van der Waals surface area contributed by atoms with Crippen LogP contribution in [0.4, 0.5) is 10.5 Å². The molecule has 0 saturated carbocycles. The van der Waals surface area contributed by atoms with E-state index in [9.17, 15) is 4.79 Å². The van der Waals surface area contributed by atoms with Gasteiger partial charge in [-0.15, -0.1) is 4.99 Å². The highest BCUT2D eigenvalue weighted by atomic mass is 32.1. The standard InChI is InChI=1S/C9H8N2OS/c1-11(9(12)10-7-13)8-5-3-2-4-6-8/h2-6H,1H3. The first-order valence-corrected chi connectivity index (χ1v) is 4.07. The van der Waals surface area contributed by atoms with E-state index in [1.54, 1.807) is 7.05 Å². The Bertz CT molecular complexity index is 344. The van der Waals surface area contributed by atoms with Crippen molar-refractivity contribution in [2.75, 3.05) is 11.9 Å². The minimum atomic E-state index is -0.416. The number of aliphatic imine (C=N–C) groups is 1. The number of thiocarbonyl (C=S) groups is 1. The maximum Gasteiger partial charge on any atom is 0.356 e. The number of urea groups is 1. The van der Waals surface area contributed by atoms with Crippen LogP contribution in [0.5, 0.6) is 0 Å². The molecular formula is C9H8N2OS. The van der Waals surface area contributed by atoms with E-state index in [2.05, 4.69) is 17.2 Å². The third-order valence-corrected chi connectivity index (χ3v) is 1.66. The lowest BCUT2D eigenvalue weighted by atomic mass is 10.3. The first-order chi connectivity index (χ1) is 6.25. The normalized spacial score (nSPS) is 8.69. The molecule has 2 amide bonds. The van der Waals surface area contributed by atoms with E-state index >= 15 is 0 Å². The van der Waals surface area contributed by atoms with Crippen molar-refractivity contribution in [2.24, 2.45) is 4.99 Å². The largest absolute Gasteiger partial charge is 0.356 e. The lowest BCUT2D eigenvalue weighted by Gasteiger charge is -2.12. The number of amides is 2. The van der Waals surface area contributed by atoms with Gasteiger partial charge in [0.1, 0.15) is 0 Å². The molecule has 0 unspecified atom stereocenters. The Balaban J connectivity index is 2.85. The van der Waals surface area contributed by atoms with E-state index in [-0.39, 0.29) is 0 Å². The predicted molar refractivity (Wildman–Crippen MR) is 55.3 cm³/mol. The number of benzene rings is 1. The smallest absolute Gasteiger partial charge is 0.295 e. The molecule has 1 aromatic rings. The van der Waals surface area contributed by atoms with Gasteiger partial charge in [0.15, 0.2) is 0 Å². The van der Waals surface area contributed by atoms with Crippen LogP contribution in [-0.2, 0) is 0 Å². The molecular weight excluding hydrogens is 184 g/mol. The highest BCUT2D eigenvalue weighted by Gasteiger charge is 2.07. The molecule has 0 heterocycles. The highest BCUT2D eigenvalue weighted by molar-refractivity contribution is 7.78. The number of carbonyl (C=O) groups is 1. The fourth-order valence-electron chi connectivity index (χ4n) is 0.876. The summed E-state index contributed by atoms with van der Waals surface area (Å²) in [5.41, 5.74) is 0.779. The zero-order valence-corrected chi connectivity index (χ0v) is 7.91. The van der Waals surface area contributed by atoms with Crippen LogP contribution in [0, 0.1) is 0 Å². The van der Waals surface area contributed by atoms with Gasteiger partial charge in [-0.05, 0) is 24.4 Å². The second-order valence-electron chi connectivity index (χ2n) is 2.38. The molecule has 0 radical (unpaired) electrons. The van der Waals surface area contributed by atoms with Crippen molar-refractivity contribution in [3.8, 4) is 0 Å². The topological polar surface area (TPSA) is 32.7 Å². The Kier molecular flexibility index (Phi) is 3.31. The van der Waals surface area contributed by atoms with Gasteiger partial charge < -0.3 is 0 Å². The van der Waals surface area contributed by atoms with Crippen molar-refractivity contribution in [1.82, 2.24) is 0 Å². The van der Waals surface area contributed by atoms with Gasteiger partial charge in [0.25, 0.3) is 0 Å². The van der Waals surface area contributed by atoms with Crippen molar-refractivity contribution in [3.63, 3.8) is 0 Å². The molecule has 0 aliphatic carbocycles. The van der Waals surface area contributed by atoms with Crippen LogP contribution in [0.1, 0.15) is 0 Å². The third-order valence-electron chi connectivity index (χ3n) is 1.57. The molecule has 0 aliphatic heterocycles. The van der Waals surface area contributed by atoms with Crippen LogP contribution in [0.25, 0.3) is 0 Å². The molecule has 0 spiro atoms. The van der Waals surface area contributed by atoms with Gasteiger partial charge in [-0.25, -0.2) is 4.79 Å². The molecule has 0 saturated heterocycles. The van der Waals surface area contributed by atoms with Crippen molar-refractivity contribution >= 4 is 29.1 Å². The fourth-order valence-corrected chi connectivity index (χ4v) is 0.954. The third kappa shape index (κ3) is 2.47. The fraction of sp³-hybridized carbons (Fsp3) is 0.111. The van der Waals surface area contributed by atoms with Gasteiger partial charge in [0, 0.05) is 12.7 Å². The van der Waals surface area contributed by atoms with Crippen LogP contribution in [0.3, 0.4) is 0 Å². The summed E-state index contributed by atoms with van der Waals surface area (Å²) < 4.78 is 0. The Morgan fingerprint density at radius 2 is 2.08 bits per heavy atom. The quantitative estimate of drug-likeness (QED) is 0.505. The van der Waals surface area contributed by atoms with Crippen LogP contribution in [0.2, 0.25) is 0 Å².